The predicted octanol–water partition coefficient (Wildman–Crippen LogP) is 4.82. The monoisotopic (exact) mass is 395 g/mol. The molecule has 0 unspecified atom stereocenters. The summed E-state index contributed by atoms with van der Waals surface area (Å²) in [6, 6.07) is 13.7. The third-order valence-corrected chi connectivity index (χ3v) is 4.84. The van der Waals surface area contributed by atoms with Crippen molar-refractivity contribution in [1.82, 2.24) is 4.68 Å². The van der Waals surface area contributed by atoms with Gasteiger partial charge in [0.25, 0.3) is 0 Å². The first-order valence-corrected chi connectivity index (χ1v) is 10.2. The number of hydrogen-bond donors (Lipinski definition) is 1. The van der Waals surface area contributed by atoms with E-state index in [0.717, 1.165) is 21.6 Å². The van der Waals surface area contributed by atoms with Gasteiger partial charge in [0.2, 0.25) is 4.80 Å². The van der Waals surface area contributed by atoms with Gasteiger partial charge in [0, 0.05) is 17.0 Å². The molecule has 1 N–H and O–H groups in total. The molecule has 0 fully saturated rings. The van der Waals surface area contributed by atoms with Crippen molar-refractivity contribution >= 4 is 17.6 Å². The van der Waals surface area contributed by atoms with Gasteiger partial charge in [-0.15, -0.1) is 11.3 Å². The van der Waals surface area contributed by atoms with E-state index in [9.17, 15) is 5.11 Å². The van der Waals surface area contributed by atoms with Crippen LogP contribution in [-0.2, 0) is 0 Å². The van der Waals surface area contributed by atoms with Crippen molar-refractivity contribution in [3.8, 4) is 22.8 Å². The highest BCUT2D eigenvalue weighted by atomic mass is 32.1. The minimum absolute atomic E-state index is 0.123. The number of aryl methyl sites for hydroxylation is 1. The van der Waals surface area contributed by atoms with Gasteiger partial charge in [-0.1, -0.05) is 29.8 Å². The first kappa shape index (κ1) is 19.9. The van der Waals surface area contributed by atoms with Gasteiger partial charge in [-0.2, -0.15) is 5.10 Å². The van der Waals surface area contributed by atoms with Crippen LogP contribution in [0.4, 0.5) is 0 Å². The highest BCUT2D eigenvalue weighted by molar-refractivity contribution is 7.07. The van der Waals surface area contributed by atoms with Gasteiger partial charge in [0.1, 0.15) is 0 Å². The third kappa shape index (κ3) is 4.70. The SMILES string of the molecule is CCOc1cc(C=Nn2c(-c3ccc(C)cc3)csc2=NC(C)C)ccc1O. The summed E-state index contributed by atoms with van der Waals surface area (Å²) in [7, 11) is 0. The molecule has 0 radical (unpaired) electrons. The summed E-state index contributed by atoms with van der Waals surface area (Å²) in [4.78, 5) is 5.54. The maximum atomic E-state index is 9.89. The lowest BCUT2D eigenvalue weighted by molar-refractivity contribution is 0.318. The summed E-state index contributed by atoms with van der Waals surface area (Å²) in [6.45, 7) is 8.54. The fourth-order valence-corrected chi connectivity index (χ4v) is 3.62. The zero-order chi connectivity index (χ0) is 20.1. The Labute approximate surface area is 169 Å². The second kappa shape index (κ2) is 8.89. The van der Waals surface area contributed by atoms with E-state index in [-0.39, 0.29) is 11.8 Å². The maximum Gasteiger partial charge on any atom is 0.206 e. The summed E-state index contributed by atoms with van der Waals surface area (Å²) < 4.78 is 7.32. The second-order valence-corrected chi connectivity index (χ2v) is 7.55. The van der Waals surface area contributed by atoms with Crippen LogP contribution in [-0.4, -0.2) is 28.6 Å². The summed E-state index contributed by atoms with van der Waals surface area (Å²) in [5.41, 5.74) is 4.13. The Morgan fingerprint density at radius 1 is 1.18 bits per heavy atom. The standard InChI is InChI=1S/C22H25N3O2S/c1-5-27-21-12-17(8-11-20(21)26)13-23-25-19(14-28-22(25)24-15(2)3)18-9-6-16(4)7-10-18/h6-15,26H,5H2,1-4H3. The van der Waals surface area contributed by atoms with Crippen LogP contribution < -0.4 is 9.54 Å². The lowest BCUT2D eigenvalue weighted by Gasteiger charge is -2.07. The highest BCUT2D eigenvalue weighted by Crippen LogP contribution is 2.26. The smallest absolute Gasteiger partial charge is 0.206 e. The van der Waals surface area contributed by atoms with Crippen LogP contribution in [0.15, 0.2) is 57.9 Å². The summed E-state index contributed by atoms with van der Waals surface area (Å²) in [5, 5.41) is 16.7. The first-order valence-electron chi connectivity index (χ1n) is 9.29. The van der Waals surface area contributed by atoms with Crippen LogP contribution >= 0.6 is 11.3 Å². The van der Waals surface area contributed by atoms with Crippen molar-refractivity contribution < 1.29 is 9.84 Å². The van der Waals surface area contributed by atoms with Gasteiger partial charge in [0.05, 0.1) is 18.5 Å². The Bertz CT molecular complexity index is 1030. The largest absolute Gasteiger partial charge is 0.504 e. The molecule has 1 heterocycles. The van der Waals surface area contributed by atoms with E-state index in [1.54, 1.807) is 35.8 Å². The lowest BCUT2D eigenvalue weighted by Crippen LogP contribution is -2.14. The van der Waals surface area contributed by atoms with Crippen molar-refractivity contribution in [2.24, 2.45) is 10.1 Å². The van der Waals surface area contributed by atoms with Crippen LogP contribution in [0.1, 0.15) is 31.9 Å². The molecule has 0 atom stereocenters. The van der Waals surface area contributed by atoms with Gasteiger partial charge in [-0.05, 0) is 51.5 Å². The Morgan fingerprint density at radius 3 is 2.61 bits per heavy atom. The van der Waals surface area contributed by atoms with Crippen LogP contribution in [0.5, 0.6) is 11.5 Å². The van der Waals surface area contributed by atoms with E-state index in [1.807, 2.05) is 25.4 Å². The molecule has 0 aliphatic carbocycles. The van der Waals surface area contributed by atoms with E-state index in [2.05, 4.69) is 36.6 Å². The molecule has 0 aliphatic rings. The zero-order valence-corrected chi connectivity index (χ0v) is 17.4. The molecule has 0 bridgehead atoms. The number of aromatic hydroxyl groups is 1. The molecule has 3 rings (SSSR count). The number of rotatable bonds is 6. The molecule has 146 valence electrons. The highest BCUT2D eigenvalue weighted by Gasteiger charge is 2.08. The van der Waals surface area contributed by atoms with Gasteiger partial charge >= 0.3 is 0 Å². The molecular formula is C22H25N3O2S. The summed E-state index contributed by atoms with van der Waals surface area (Å²) in [5.74, 6) is 0.575. The molecule has 0 amide bonds. The summed E-state index contributed by atoms with van der Waals surface area (Å²) >= 11 is 1.57. The minimum atomic E-state index is 0.123. The fraction of sp³-hybridized carbons (Fsp3) is 0.273. The Morgan fingerprint density at radius 2 is 1.93 bits per heavy atom. The molecule has 1 aromatic heterocycles. The number of ether oxygens (including phenoxy) is 1. The van der Waals surface area contributed by atoms with Crippen LogP contribution in [0.2, 0.25) is 0 Å². The molecule has 0 aliphatic heterocycles. The van der Waals surface area contributed by atoms with Gasteiger partial charge in [-0.3, -0.25) is 4.99 Å². The minimum Gasteiger partial charge on any atom is -0.504 e. The van der Waals surface area contributed by atoms with Gasteiger partial charge in [-0.25, -0.2) is 4.68 Å². The first-order chi connectivity index (χ1) is 13.5. The van der Waals surface area contributed by atoms with Crippen LogP contribution in [0, 0.1) is 6.92 Å². The normalized spacial score (nSPS) is 12.2. The fourth-order valence-electron chi connectivity index (χ4n) is 2.65. The molecule has 28 heavy (non-hydrogen) atoms. The van der Waals surface area contributed by atoms with E-state index >= 15 is 0 Å². The Hall–Kier alpha value is -2.86. The molecule has 0 saturated heterocycles. The topological polar surface area (TPSA) is 59.1 Å². The van der Waals surface area contributed by atoms with Crippen molar-refractivity contribution in [1.29, 1.82) is 0 Å². The van der Waals surface area contributed by atoms with E-state index in [0.29, 0.717) is 12.4 Å². The van der Waals surface area contributed by atoms with Gasteiger partial charge in [0.15, 0.2) is 11.5 Å². The number of hydrogen-bond acceptors (Lipinski definition) is 5. The van der Waals surface area contributed by atoms with E-state index in [4.69, 9.17) is 14.8 Å². The quantitative estimate of drug-likeness (QED) is 0.608. The number of phenolic OH excluding ortho intramolecular Hbond substituents is 1. The van der Waals surface area contributed by atoms with Gasteiger partial charge < -0.3 is 9.84 Å². The number of aromatic nitrogens is 1. The van der Waals surface area contributed by atoms with Crippen molar-refractivity contribution in [2.45, 2.75) is 33.7 Å². The van der Waals surface area contributed by atoms with E-state index < -0.39 is 0 Å². The predicted molar refractivity (Wildman–Crippen MR) is 115 cm³/mol. The molecular weight excluding hydrogens is 370 g/mol. The Balaban J connectivity index is 2.04. The number of thiazole rings is 1. The molecule has 0 spiro atoms. The summed E-state index contributed by atoms with van der Waals surface area (Å²) in [6.07, 6.45) is 1.76. The lowest BCUT2D eigenvalue weighted by atomic mass is 10.1. The number of benzene rings is 2. The number of phenols is 1. The maximum absolute atomic E-state index is 9.89. The molecule has 5 nitrogen and oxygen atoms in total. The average molecular weight is 396 g/mol. The third-order valence-electron chi connectivity index (χ3n) is 4.01. The van der Waals surface area contributed by atoms with E-state index in [1.165, 1.54) is 5.56 Å². The zero-order valence-electron chi connectivity index (χ0n) is 16.6. The van der Waals surface area contributed by atoms with Crippen molar-refractivity contribution in [2.75, 3.05) is 6.61 Å². The molecule has 3 aromatic rings. The second-order valence-electron chi connectivity index (χ2n) is 6.71. The molecule has 2 aromatic carbocycles. The van der Waals surface area contributed by atoms with Crippen LogP contribution in [0.25, 0.3) is 11.3 Å². The Kier molecular flexibility index (Phi) is 6.31. The van der Waals surface area contributed by atoms with Crippen LogP contribution in [0.3, 0.4) is 0 Å². The molecule has 0 saturated carbocycles. The van der Waals surface area contributed by atoms with Crippen molar-refractivity contribution in [3.63, 3.8) is 0 Å². The number of nitrogens with zero attached hydrogens (tertiary/aromatic N) is 3. The van der Waals surface area contributed by atoms with Crippen molar-refractivity contribution in [3.05, 3.63) is 63.8 Å². The average Bonchev–Trinajstić information content (AvgIpc) is 3.05. The molecule has 6 heteroatoms.